The maximum Gasteiger partial charge on any atom is 0.264 e. The highest BCUT2D eigenvalue weighted by Gasteiger charge is 2.24. The van der Waals surface area contributed by atoms with Crippen molar-refractivity contribution in [3.05, 3.63) is 25.4 Å². The van der Waals surface area contributed by atoms with Crippen LogP contribution in [0.25, 0.3) is 0 Å². The Bertz CT molecular complexity index is 463. The molecule has 1 aromatic heterocycles. The largest absolute Gasteiger partial charge is 0.374 e. The molecule has 1 fully saturated rings. The lowest BCUT2D eigenvalue weighted by atomic mass is 10.0. The Morgan fingerprint density at radius 1 is 1.50 bits per heavy atom. The van der Waals surface area contributed by atoms with Gasteiger partial charge in [-0.15, -0.1) is 0 Å². The number of hydrogen-bond donors (Lipinski definition) is 1. The van der Waals surface area contributed by atoms with Gasteiger partial charge in [-0.05, 0) is 41.9 Å². The summed E-state index contributed by atoms with van der Waals surface area (Å²) in [4.78, 5) is 19.5. The first-order chi connectivity index (χ1) is 8.67. The van der Waals surface area contributed by atoms with E-state index < -0.39 is 0 Å². The van der Waals surface area contributed by atoms with Crippen molar-refractivity contribution in [3.63, 3.8) is 0 Å². The average Bonchev–Trinajstić information content (AvgIpc) is 2.88. The lowest BCUT2D eigenvalue weighted by molar-refractivity contribution is 0.0920. The number of nitrogens with one attached hydrogen (secondary N) is 1. The number of aromatic amines is 1. The molecule has 0 aliphatic heterocycles. The zero-order valence-electron chi connectivity index (χ0n) is 10.8. The number of H-pyrrole nitrogens is 1. The molecule has 1 aliphatic rings. The topological polar surface area (TPSA) is 55.0 Å². The molecule has 1 atom stereocenters. The first kappa shape index (κ1) is 14.0. The van der Waals surface area contributed by atoms with Gasteiger partial charge in [0.2, 0.25) is 0 Å². The molecule has 1 saturated carbocycles. The van der Waals surface area contributed by atoms with E-state index in [-0.39, 0.29) is 11.7 Å². The molecule has 2 rings (SSSR count). The first-order valence-electron chi connectivity index (χ1n) is 6.49. The Balaban J connectivity index is 2.42. The summed E-state index contributed by atoms with van der Waals surface area (Å²) in [7, 11) is 1.65. The molecule has 1 aromatic rings. The molecule has 5 heteroatoms. The monoisotopic (exact) mass is 362 g/mol. The van der Waals surface area contributed by atoms with Crippen LogP contribution in [0.4, 0.5) is 0 Å². The van der Waals surface area contributed by atoms with Crippen molar-refractivity contribution in [3.8, 4) is 0 Å². The average molecular weight is 362 g/mol. The predicted molar refractivity (Wildman–Crippen MR) is 78.8 cm³/mol. The minimum absolute atomic E-state index is 0.0296. The summed E-state index contributed by atoms with van der Waals surface area (Å²) in [5.41, 5.74) is 0.945. The standard InChI is InChI=1S/C13H19IN2O2/c1-3-9(18-2)12-15-11(8-6-4-5-7-8)10(14)13(17)16-12/h8-9H,3-7H2,1-2H3,(H,15,16,17). The van der Waals surface area contributed by atoms with E-state index in [2.05, 4.69) is 32.6 Å². The Kier molecular flexibility index (Phi) is 4.77. The van der Waals surface area contributed by atoms with Crippen LogP contribution >= 0.6 is 22.6 Å². The number of halogens is 1. The highest BCUT2D eigenvalue weighted by molar-refractivity contribution is 14.1. The van der Waals surface area contributed by atoms with Crippen LogP contribution in [-0.4, -0.2) is 17.1 Å². The fourth-order valence-corrected chi connectivity index (χ4v) is 3.28. The van der Waals surface area contributed by atoms with Gasteiger partial charge in [0, 0.05) is 13.0 Å². The normalized spacial score (nSPS) is 18.2. The number of methoxy groups -OCH3 is 1. The van der Waals surface area contributed by atoms with E-state index in [0.717, 1.165) is 28.5 Å². The number of rotatable bonds is 4. The second-order valence-corrected chi connectivity index (χ2v) is 5.84. The van der Waals surface area contributed by atoms with Crippen molar-refractivity contribution >= 4 is 22.6 Å². The quantitative estimate of drug-likeness (QED) is 0.838. The van der Waals surface area contributed by atoms with Crippen LogP contribution in [0.2, 0.25) is 0 Å². The van der Waals surface area contributed by atoms with E-state index in [1.165, 1.54) is 12.8 Å². The third-order valence-corrected chi connectivity index (χ3v) is 4.65. The summed E-state index contributed by atoms with van der Waals surface area (Å²) < 4.78 is 6.11. The molecule has 1 unspecified atom stereocenters. The molecule has 0 aromatic carbocycles. The van der Waals surface area contributed by atoms with E-state index in [0.29, 0.717) is 11.7 Å². The van der Waals surface area contributed by atoms with Gasteiger partial charge in [-0.3, -0.25) is 4.79 Å². The van der Waals surface area contributed by atoms with Crippen LogP contribution < -0.4 is 5.56 Å². The summed E-state index contributed by atoms with van der Waals surface area (Å²) in [5.74, 6) is 1.12. The molecule has 1 aliphatic carbocycles. The summed E-state index contributed by atoms with van der Waals surface area (Å²) >= 11 is 2.11. The van der Waals surface area contributed by atoms with Crippen molar-refractivity contribution in [2.45, 2.75) is 51.0 Å². The van der Waals surface area contributed by atoms with Gasteiger partial charge in [-0.2, -0.15) is 0 Å². The molecule has 1 heterocycles. The van der Waals surface area contributed by atoms with E-state index in [9.17, 15) is 4.79 Å². The smallest absolute Gasteiger partial charge is 0.264 e. The lowest BCUT2D eigenvalue weighted by Crippen LogP contribution is -2.21. The van der Waals surface area contributed by atoms with E-state index >= 15 is 0 Å². The number of nitrogens with zero attached hydrogens (tertiary/aromatic N) is 1. The Hall–Kier alpha value is -0.430. The molecular formula is C13H19IN2O2. The fourth-order valence-electron chi connectivity index (χ4n) is 2.59. The van der Waals surface area contributed by atoms with Crippen LogP contribution in [0, 0.1) is 3.57 Å². The molecule has 18 heavy (non-hydrogen) atoms. The minimum atomic E-state index is -0.116. The Morgan fingerprint density at radius 2 is 2.17 bits per heavy atom. The molecular weight excluding hydrogens is 343 g/mol. The first-order valence-corrected chi connectivity index (χ1v) is 7.57. The van der Waals surface area contributed by atoms with Gasteiger partial charge < -0.3 is 9.72 Å². The second-order valence-electron chi connectivity index (χ2n) is 4.76. The fraction of sp³-hybridized carbons (Fsp3) is 0.692. The molecule has 0 spiro atoms. The summed E-state index contributed by atoms with van der Waals surface area (Å²) in [6.07, 6.45) is 5.47. The Morgan fingerprint density at radius 3 is 2.72 bits per heavy atom. The van der Waals surface area contributed by atoms with Crippen molar-refractivity contribution in [1.82, 2.24) is 9.97 Å². The Labute approximate surface area is 121 Å². The molecule has 4 nitrogen and oxygen atoms in total. The molecule has 0 amide bonds. The summed E-state index contributed by atoms with van der Waals surface area (Å²) in [5, 5.41) is 0. The van der Waals surface area contributed by atoms with Crippen molar-refractivity contribution < 1.29 is 4.74 Å². The van der Waals surface area contributed by atoms with E-state index in [1.807, 2.05) is 6.92 Å². The summed E-state index contributed by atoms with van der Waals surface area (Å²) in [6.45, 7) is 2.03. The highest BCUT2D eigenvalue weighted by atomic mass is 127. The molecule has 0 radical (unpaired) electrons. The van der Waals surface area contributed by atoms with Gasteiger partial charge in [-0.1, -0.05) is 19.8 Å². The SMILES string of the molecule is CCC(OC)c1nc(C2CCCC2)c(I)c(=O)[nH]1. The molecule has 1 N–H and O–H groups in total. The van der Waals surface area contributed by atoms with Gasteiger partial charge in [0.05, 0.1) is 9.26 Å². The van der Waals surface area contributed by atoms with Gasteiger partial charge in [0.1, 0.15) is 11.9 Å². The van der Waals surface area contributed by atoms with Gasteiger partial charge in [-0.25, -0.2) is 4.98 Å². The van der Waals surface area contributed by atoms with Crippen LogP contribution in [0.5, 0.6) is 0 Å². The summed E-state index contributed by atoms with van der Waals surface area (Å²) in [6, 6.07) is 0. The maximum absolute atomic E-state index is 12.0. The number of aromatic nitrogens is 2. The van der Waals surface area contributed by atoms with Gasteiger partial charge >= 0.3 is 0 Å². The third kappa shape index (κ3) is 2.77. The third-order valence-electron chi connectivity index (χ3n) is 3.61. The van der Waals surface area contributed by atoms with Crippen molar-refractivity contribution in [2.75, 3.05) is 7.11 Å². The molecule has 100 valence electrons. The second kappa shape index (κ2) is 6.14. The van der Waals surface area contributed by atoms with Gasteiger partial charge in [0.25, 0.3) is 5.56 Å². The van der Waals surface area contributed by atoms with Crippen LogP contribution in [-0.2, 0) is 4.74 Å². The number of ether oxygens (including phenoxy) is 1. The van der Waals surface area contributed by atoms with E-state index in [4.69, 9.17) is 4.74 Å². The molecule has 0 bridgehead atoms. The maximum atomic E-state index is 12.0. The minimum Gasteiger partial charge on any atom is -0.374 e. The van der Waals surface area contributed by atoms with Crippen molar-refractivity contribution in [1.29, 1.82) is 0 Å². The van der Waals surface area contributed by atoms with E-state index in [1.54, 1.807) is 7.11 Å². The zero-order valence-corrected chi connectivity index (χ0v) is 13.0. The van der Waals surface area contributed by atoms with Gasteiger partial charge in [0.15, 0.2) is 0 Å². The highest BCUT2D eigenvalue weighted by Crippen LogP contribution is 2.34. The lowest BCUT2D eigenvalue weighted by Gasteiger charge is -2.16. The predicted octanol–water partition coefficient (Wildman–Crippen LogP) is 3.13. The van der Waals surface area contributed by atoms with Crippen LogP contribution in [0.1, 0.15) is 62.6 Å². The van der Waals surface area contributed by atoms with Crippen molar-refractivity contribution in [2.24, 2.45) is 0 Å². The zero-order chi connectivity index (χ0) is 13.1. The van der Waals surface area contributed by atoms with Crippen LogP contribution in [0.15, 0.2) is 4.79 Å². The number of hydrogen-bond acceptors (Lipinski definition) is 3. The molecule has 0 saturated heterocycles. The van der Waals surface area contributed by atoms with Crippen LogP contribution in [0.3, 0.4) is 0 Å².